The average molecular weight is 888 g/mol. The van der Waals surface area contributed by atoms with Crippen LogP contribution in [0.2, 0.25) is 0 Å². The fraction of sp³-hybridized carbons (Fsp3) is 0.469. The van der Waals surface area contributed by atoms with Crippen LogP contribution < -0.4 is 20.3 Å². The third-order valence-electron chi connectivity index (χ3n) is 14.2. The van der Waals surface area contributed by atoms with E-state index in [1.54, 1.807) is 13.0 Å². The van der Waals surface area contributed by atoms with Crippen molar-refractivity contribution in [1.82, 2.24) is 34.9 Å². The minimum atomic E-state index is -0.970. The molecule has 10 rings (SSSR count). The monoisotopic (exact) mass is 887 g/mol. The minimum absolute atomic E-state index is 0.000993. The fourth-order valence-corrected chi connectivity index (χ4v) is 10.5. The number of piperidine rings is 3. The van der Waals surface area contributed by atoms with Gasteiger partial charge in [0.05, 0.1) is 40.4 Å². The Hall–Kier alpha value is -6.00. The van der Waals surface area contributed by atoms with Gasteiger partial charge >= 0.3 is 6.01 Å². The van der Waals surface area contributed by atoms with E-state index in [0.717, 1.165) is 68.5 Å². The first-order chi connectivity index (χ1) is 31.3. The number of pyridine rings is 1. The third-order valence-corrected chi connectivity index (χ3v) is 14.2. The Morgan fingerprint density at radius 3 is 2.58 bits per heavy atom. The van der Waals surface area contributed by atoms with Gasteiger partial charge in [0.15, 0.2) is 5.82 Å². The zero-order valence-electron chi connectivity index (χ0n) is 37.1. The molecule has 0 spiro atoms. The molecule has 3 aromatic carbocycles. The first-order valence-corrected chi connectivity index (χ1v) is 22.9. The van der Waals surface area contributed by atoms with Gasteiger partial charge in [0.25, 0.3) is 0 Å². The molecule has 4 N–H and O–H groups in total. The van der Waals surface area contributed by atoms with E-state index in [1.807, 2.05) is 41.8 Å². The maximum Gasteiger partial charge on any atom is 0.319 e. The highest BCUT2D eigenvalue weighted by Gasteiger charge is 2.45. The van der Waals surface area contributed by atoms with Gasteiger partial charge in [-0.2, -0.15) is 15.1 Å². The minimum Gasteiger partial charge on any atom is -0.508 e. The van der Waals surface area contributed by atoms with Gasteiger partial charge < -0.3 is 30.1 Å². The van der Waals surface area contributed by atoms with Crippen LogP contribution in [-0.2, 0) is 23.1 Å². The van der Waals surface area contributed by atoms with Crippen LogP contribution in [0.1, 0.15) is 82.4 Å². The number of fused-ring (bicyclic) bond motifs is 3. The number of carbonyl (C=O) groups excluding carboxylic acids is 2. The number of para-hydroxylation sites is 1. The smallest absolute Gasteiger partial charge is 0.319 e. The number of likely N-dealkylation sites (tertiary alicyclic amines) is 1. The molecule has 2 atom stereocenters. The average Bonchev–Trinajstić information content (AvgIpc) is 3.97. The van der Waals surface area contributed by atoms with Crippen LogP contribution >= 0.6 is 0 Å². The Morgan fingerprint density at radius 1 is 1.02 bits per heavy atom. The number of rotatable bonds is 12. The maximum absolute atomic E-state index is 17.1. The molecular formula is C49H55F2N9O5. The lowest BCUT2D eigenvalue weighted by Gasteiger charge is -2.38. The molecule has 3 saturated heterocycles. The van der Waals surface area contributed by atoms with Crippen molar-refractivity contribution in [2.75, 3.05) is 56.1 Å². The van der Waals surface area contributed by atoms with Crippen molar-refractivity contribution < 1.29 is 33.3 Å². The molecule has 4 fully saturated rings. The van der Waals surface area contributed by atoms with Gasteiger partial charge in [0.1, 0.15) is 28.6 Å². The first-order valence-electron chi connectivity index (χ1n) is 22.9. The Morgan fingerprint density at radius 2 is 1.83 bits per heavy atom. The number of amides is 2. The second-order valence-corrected chi connectivity index (χ2v) is 19.1. The highest BCUT2D eigenvalue weighted by molar-refractivity contribution is 6.04. The molecule has 1 saturated carbocycles. The lowest BCUT2D eigenvalue weighted by Crippen LogP contribution is -2.46. The number of nitrogens with one attached hydrogen (secondary N) is 2. The number of hydrogen-bond acceptors (Lipinski definition) is 12. The number of aromatic nitrogens is 5. The van der Waals surface area contributed by atoms with Crippen molar-refractivity contribution in [3.63, 3.8) is 0 Å². The summed E-state index contributed by atoms with van der Waals surface area (Å²) < 4.78 is 40.5. The second kappa shape index (κ2) is 16.8. The number of hydrogen-bond donors (Lipinski definition) is 4. The summed E-state index contributed by atoms with van der Waals surface area (Å²) in [5, 5.41) is 35.0. The predicted octanol–water partition coefficient (Wildman–Crippen LogP) is 7.13. The van der Waals surface area contributed by atoms with Crippen LogP contribution in [0.5, 0.6) is 11.8 Å². The van der Waals surface area contributed by atoms with Crippen LogP contribution in [-0.4, -0.2) is 103 Å². The van der Waals surface area contributed by atoms with Crippen LogP contribution in [0.25, 0.3) is 43.8 Å². The second-order valence-electron chi connectivity index (χ2n) is 19.1. The SMILES string of the molecule is CCc1c(F)ccc2cc(O)cc(-c3ncc4c(N5CCC[C@@](C)(O)C5)nc(OCC5(CN6CCC(CNc7cccc8c(C9CCC(=O)NC9=O)nn(C)c78)CC6)CC5)nc4c3F)c12. The number of halogens is 2. The maximum atomic E-state index is 17.1. The van der Waals surface area contributed by atoms with E-state index in [2.05, 4.69) is 25.5 Å². The predicted molar refractivity (Wildman–Crippen MR) is 244 cm³/mol. The molecule has 3 aliphatic heterocycles. The summed E-state index contributed by atoms with van der Waals surface area (Å²) >= 11 is 0. The Kier molecular flexibility index (Phi) is 11.1. The van der Waals surface area contributed by atoms with Gasteiger partial charge in [-0.15, -0.1) is 0 Å². The Bertz CT molecular complexity index is 2860. The van der Waals surface area contributed by atoms with Crippen LogP contribution in [0.3, 0.4) is 0 Å². The van der Waals surface area contributed by atoms with Gasteiger partial charge in [-0.05, 0) is 118 Å². The summed E-state index contributed by atoms with van der Waals surface area (Å²) in [5.74, 6) is -1.33. The van der Waals surface area contributed by atoms with E-state index in [1.165, 1.54) is 24.4 Å². The van der Waals surface area contributed by atoms with Crippen molar-refractivity contribution in [2.24, 2.45) is 18.4 Å². The van der Waals surface area contributed by atoms with Crippen LogP contribution in [0.4, 0.5) is 20.3 Å². The van der Waals surface area contributed by atoms with E-state index in [-0.39, 0.29) is 52.3 Å². The van der Waals surface area contributed by atoms with Gasteiger partial charge in [0.2, 0.25) is 11.8 Å². The van der Waals surface area contributed by atoms with E-state index < -0.39 is 23.2 Å². The van der Waals surface area contributed by atoms with Crippen molar-refractivity contribution in [1.29, 1.82) is 0 Å². The zero-order chi connectivity index (χ0) is 45.2. The molecule has 16 heteroatoms. The number of aryl methyl sites for hydroxylation is 2. The number of aromatic hydroxyl groups is 1. The Labute approximate surface area is 375 Å². The number of anilines is 2. The summed E-state index contributed by atoms with van der Waals surface area (Å²) in [5.41, 5.74) is 2.16. The molecule has 6 heterocycles. The number of β-amino-alcohol motifs (C(OH)–C–C–N with tert-alkyl or cyclic N) is 1. The molecule has 340 valence electrons. The number of nitrogens with zero attached hydrogens (tertiary/aromatic N) is 7. The first kappa shape index (κ1) is 42.9. The lowest BCUT2D eigenvalue weighted by atomic mass is 9.92. The molecule has 1 unspecified atom stereocenters. The summed E-state index contributed by atoms with van der Waals surface area (Å²) in [7, 11) is 1.89. The van der Waals surface area contributed by atoms with Crippen molar-refractivity contribution >= 4 is 55.9 Å². The largest absolute Gasteiger partial charge is 0.508 e. The number of phenols is 1. The molecule has 0 bridgehead atoms. The highest BCUT2D eigenvalue weighted by atomic mass is 19.1. The normalized spacial score (nSPS) is 21.6. The quantitative estimate of drug-likeness (QED) is 0.0919. The molecule has 14 nitrogen and oxygen atoms in total. The zero-order valence-corrected chi connectivity index (χ0v) is 37.1. The number of phenolic OH excluding ortho intramolecular Hbond substituents is 1. The van der Waals surface area contributed by atoms with Crippen molar-refractivity contribution in [2.45, 2.75) is 83.2 Å². The van der Waals surface area contributed by atoms with Crippen LogP contribution in [0, 0.1) is 23.0 Å². The number of imide groups is 1. The standard InChI is InChI=1S/C49H55F2N9O5/c1-4-31-36(50)11-9-29-21-30(61)22-34(39(29)31)42-40(51)43-35(24-53-42)45(60-18-6-15-48(2,64)25-60)56-47(55-43)65-27-49(16-17-49)26-59-19-13-28(14-20-59)23-52-37-8-5-7-32-41(57-58(3)44(32)37)33-10-12-38(62)54-46(33)63/h5,7-9,11,21-22,24,28,33,52,61,64H,4,6,10,12-20,23,25-27H2,1-3H3,(H,54,62,63)/t33?,48-/m1/s1. The number of aliphatic hydroxyl groups is 1. The number of ether oxygens (including phenoxy) is 1. The molecule has 0 radical (unpaired) electrons. The number of carbonyl (C=O) groups is 2. The molecule has 1 aliphatic carbocycles. The number of benzene rings is 3. The van der Waals surface area contributed by atoms with Gasteiger partial charge in [-0.3, -0.25) is 24.6 Å². The van der Waals surface area contributed by atoms with Gasteiger partial charge in [0, 0.05) is 62.2 Å². The Balaban J connectivity index is 0.842. The van der Waals surface area contributed by atoms with E-state index in [0.29, 0.717) is 84.4 Å². The highest BCUT2D eigenvalue weighted by Crippen LogP contribution is 2.47. The third kappa shape index (κ3) is 8.30. The van der Waals surface area contributed by atoms with Crippen molar-refractivity contribution in [3.8, 4) is 23.0 Å². The van der Waals surface area contributed by atoms with E-state index >= 15 is 8.78 Å². The molecule has 4 aliphatic rings. The molecule has 65 heavy (non-hydrogen) atoms. The summed E-state index contributed by atoms with van der Waals surface area (Å²) in [6.45, 7) is 8.44. The van der Waals surface area contributed by atoms with Gasteiger partial charge in [-0.1, -0.05) is 25.1 Å². The summed E-state index contributed by atoms with van der Waals surface area (Å²) in [4.78, 5) is 43.0. The van der Waals surface area contributed by atoms with E-state index in [4.69, 9.17) is 14.8 Å². The fourth-order valence-electron chi connectivity index (χ4n) is 10.5. The topological polar surface area (TPSA) is 171 Å². The van der Waals surface area contributed by atoms with Crippen LogP contribution in [0.15, 0.2) is 48.7 Å². The molecule has 2 amide bonds. The van der Waals surface area contributed by atoms with E-state index in [9.17, 15) is 19.8 Å². The molecule has 3 aromatic heterocycles. The summed E-state index contributed by atoms with van der Waals surface area (Å²) in [6.07, 6.45) is 8.01. The molecule has 6 aromatic rings. The molecular weight excluding hydrogens is 833 g/mol. The summed E-state index contributed by atoms with van der Waals surface area (Å²) in [6, 6.07) is 11.9. The lowest BCUT2D eigenvalue weighted by molar-refractivity contribution is -0.134. The van der Waals surface area contributed by atoms with Crippen molar-refractivity contribution in [3.05, 3.63) is 71.6 Å². The van der Waals surface area contributed by atoms with Gasteiger partial charge in [-0.25, -0.2) is 8.78 Å².